The molecule has 0 radical (unpaired) electrons. The Labute approximate surface area is 123 Å². The third-order valence-electron chi connectivity index (χ3n) is 2.06. The van der Waals surface area contributed by atoms with Gasteiger partial charge in [-0.2, -0.15) is 0 Å². The molecule has 2 rings (SSSR count). The Kier molecular flexibility index (Phi) is 5.37. The van der Waals surface area contributed by atoms with Crippen LogP contribution in [0, 0.1) is 0 Å². The number of rotatable bonds is 4. The van der Waals surface area contributed by atoms with Crippen molar-refractivity contribution in [2.45, 2.75) is 0 Å². The minimum absolute atomic E-state index is 0.443. The molecule has 96 valence electrons. The summed E-state index contributed by atoms with van der Waals surface area (Å²) < 4.78 is 6.64. The third-order valence-corrected chi connectivity index (χ3v) is 5.24. The molecule has 0 unspecified atom stereocenters. The van der Waals surface area contributed by atoms with Gasteiger partial charge in [0.25, 0.3) is 0 Å². The first-order chi connectivity index (χ1) is 9.24. The molecule has 0 bridgehead atoms. The van der Waals surface area contributed by atoms with E-state index in [0.29, 0.717) is 0 Å². The van der Waals surface area contributed by atoms with Crippen molar-refractivity contribution < 1.29 is 14.3 Å². The average molecular weight is 384 g/mol. The molecule has 0 aliphatic rings. The number of benzene rings is 2. The molecule has 3 nitrogen and oxygen atoms in total. The van der Waals surface area contributed by atoms with E-state index >= 15 is 0 Å². The Bertz CT molecular complexity index is 504. The van der Waals surface area contributed by atoms with Gasteiger partial charge in [-0.1, -0.05) is 0 Å². The molecular weight excluding hydrogens is 374 g/mol. The molecule has 0 atom stereocenters. The summed E-state index contributed by atoms with van der Waals surface area (Å²) in [5.74, 6) is 0. The molecule has 0 saturated carbocycles. The van der Waals surface area contributed by atoms with E-state index in [1.807, 2.05) is 60.7 Å². The monoisotopic (exact) mass is 386 g/mol. The molecule has 0 fully saturated rings. The summed E-state index contributed by atoms with van der Waals surface area (Å²) in [5, 5.41) is 0. The van der Waals surface area contributed by atoms with Crippen molar-refractivity contribution in [2.75, 3.05) is 0 Å². The van der Waals surface area contributed by atoms with Crippen LogP contribution in [0.2, 0.25) is 0 Å². The van der Waals surface area contributed by atoms with Gasteiger partial charge in [-0.25, -0.2) is 0 Å². The summed E-state index contributed by atoms with van der Waals surface area (Å²) in [6.07, 6.45) is 0. The molecule has 2 aromatic rings. The normalized spacial score (nSPS) is 9.89. The Morgan fingerprint density at radius 3 is 1.42 bits per heavy atom. The molecule has 0 aliphatic heterocycles. The molecule has 5 heteroatoms. The van der Waals surface area contributed by atoms with Gasteiger partial charge < -0.3 is 0 Å². The SMILES string of the molecule is O=C(OC(=O)[Se]c1ccccc1)[Se]c1ccccc1. The summed E-state index contributed by atoms with van der Waals surface area (Å²) >= 11 is -0.937. The first-order valence-electron chi connectivity index (χ1n) is 5.45. The van der Waals surface area contributed by atoms with Gasteiger partial charge in [0.15, 0.2) is 0 Å². The third kappa shape index (κ3) is 5.01. The minimum atomic E-state index is -0.469. The Morgan fingerprint density at radius 1 is 0.684 bits per heavy atom. The van der Waals surface area contributed by atoms with Crippen molar-refractivity contribution in [3.8, 4) is 0 Å². The second-order valence-corrected chi connectivity index (χ2v) is 7.67. The van der Waals surface area contributed by atoms with Crippen LogP contribution < -0.4 is 8.92 Å². The number of carbonyl (C=O) groups excluding carboxylic acids is 2. The maximum atomic E-state index is 11.6. The molecule has 0 N–H and O–H groups in total. The number of ether oxygens (including phenoxy) is 1. The summed E-state index contributed by atoms with van der Waals surface area (Å²) in [4.78, 5) is 22.3. The van der Waals surface area contributed by atoms with Crippen molar-refractivity contribution in [3.63, 3.8) is 0 Å². The van der Waals surface area contributed by atoms with Gasteiger partial charge in [-0.05, 0) is 0 Å². The second kappa shape index (κ2) is 7.27. The Morgan fingerprint density at radius 2 is 1.05 bits per heavy atom. The van der Waals surface area contributed by atoms with Gasteiger partial charge in [0.1, 0.15) is 0 Å². The maximum absolute atomic E-state index is 11.6. The van der Waals surface area contributed by atoms with Crippen LogP contribution in [-0.4, -0.2) is 39.6 Å². The van der Waals surface area contributed by atoms with E-state index in [9.17, 15) is 9.59 Å². The molecule has 0 spiro atoms. The van der Waals surface area contributed by atoms with Gasteiger partial charge in [-0.3, -0.25) is 0 Å². The Balaban J connectivity index is 1.84. The molecular formula is C14H10O3Se2. The molecule has 0 heterocycles. The summed E-state index contributed by atoms with van der Waals surface area (Å²) in [6.45, 7) is 0. The van der Waals surface area contributed by atoms with Gasteiger partial charge in [0.05, 0.1) is 0 Å². The molecule has 19 heavy (non-hydrogen) atoms. The zero-order valence-electron chi connectivity index (χ0n) is 9.81. The van der Waals surface area contributed by atoms with Gasteiger partial charge in [-0.15, -0.1) is 0 Å². The summed E-state index contributed by atoms with van der Waals surface area (Å²) in [6, 6.07) is 18.6. The van der Waals surface area contributed by atoms with Crippen LogP contribution in [-0.2, 0) is 4.74 Å². The van der Waals surface area contributed by atoms with Crippen LogP contribution in [0.15, 0.2) is 60.7 Å². The number of carbonyl (C=O) groups is 2. The van der Waals surface area contributed by atoms with Gasteiger partial charge >= 0.3 is 124 Å². The van der Waals surface area contributed by atoms with E-state index < -0.39 is 39.6 Å². The summed E-state index contributed by atoms with van der Waals surface area (Å²) in [7, 11) is 0. The van der Waals surface area contributed by atoms with Crippen molar-refractivity contribution in [1.82, 2.24) is 0 Å². The zero-order valence-corrected chi connectivity index (χ0v) is 13.2. The Hall–Kier alpha value is -1.38. The van der Waals surface area contributed by atoms with Crippen LogP contribution in [0.25, 0.3) is 0 Å². The van der Waals surface area contributed by atoms with Crippen LogP contribution in [0.1, 0.15) is 0 Å². The van der Waals surface area contributed by atoms with Crippen LogP contribution >= 0.6 is 0 Å². The van der Waals surface area contributed by atoms with Crippen molar-refractivity contribution in [1.29, 1.82) is 0 Å². The first kappa shape index (κ1) is 14.0. The van der Waals surface area contributed by atoms with Crippen molar-refractivity contribution >= 4 is 48.6 Å². The zero-order chi connectivity index (χ0) is 13.5. The van der Waals surface area contributed by atoms with Gasteiger partial charge in [0, 0.05) is 0 Å². The van der Waals surface area contributed by atoms with E-state index in [0.717, 1.165) is 8.92 Å². The van der Waals surface area contributed by atoms with E-state index in [1.54, 1.807) is 0 Å². The summed E-state index contributed by atoms with van der Waals surface area (Å²) in [5.41, 5.74) is 0. The second-order valence-electron chi connectivity index (χ2n) is 3.43. The van der Waals surface area contributed by atoms with Crippen LogP contribution in [0.4, 0.5) is 9.59 Å². The average Bonchev–Trinajstić information content (AvgIpc) is 2.40. The van der Waals surface area contributed by atoms with E-state index in [2.05, 4.69) is 0 Å². The number of hydrogen-bond donors (Lipinski definition) is 0. The van der Waals surface area contributed by atoms with Crippen molar-refractivity contribution in [2.24, 2.45) is 0 Å². The van der Waals surface area contributed by atoms with Gasteiger partial charge in [0.2, 0.25) is 0 Å². The molecule has 0 amide bonds. The quantitative estimate of drug-likeness (QED) is 0.590. The van der Waals surface area contributed by atoms with E-state index in [-0.39, 0.29) is 0 Å². The van der Waals surface area contributed by atoms with E-state index in [1.165, 1.54) is 0 Å². The van der Waals surface area contributed by atoms with Crippen LogP contribution in [0.3, 0.4) is 0 Å². The van der Waals surface area contributed by atoms with E-state index in [4.69, 9.17) is 4.74 Å². The molecule has 2 aromatic carbocycles. The fourth-order valence-corrected chi connectivity index (χ4v) is 4.08. The predicted molar refractivity (Wildman–Crippen MR) is 75.5 cm³/mol. The predicted octanol–water partition coefficient (Wildman–Crippen LogP) is 1.30. The van der Waals surface area contributed by atoms with Crippen molar-refractivity contribution in [3.05, 3.63) is 60.7 Å². The fraction of sp³-hybridized carbons (Fsp3) is 0. The molecule has 0 saturated heterocycles. The number of hydrogen-bond acceptors (Lipinski definition) is 3. The topological polar surface area (TPSA) is 43.4 Å². The standard InChI is InChI=1S/C14H10O3Se2/c15-13(18-11-7-3-1-4-8-11)17-14(16)19-12-9-5-2-6-10-12/h1-10H. The fourth-order valence-electron chi connectivity index (χ4n) is 1.28. The first-order valence-corrected chi connectivity index (χ1v) is 8.88. The molecule has 0 aromatic heterocycles. The van der Waals surface area contributed by atoms with Crippen LogP contribution in [0.5, 0.6) is 0 Å². The molecule has 0 aliphatic carbocycles.